The minimum atomic E-state index is -0.560. The first-order valence-electron chi connectivity index (χ1n) is 9.70. The van der Waals surface area contributed by atoms with Crippen LogP contribution >= 0.6 is 0 Å². The Bertz CT molecular complexity index is 840. The molecule has 1 atom stereocenters. The van der Waals surface area contributed by atoms with E-state index >= 15 is 0 Å². The lowest BCUT2D eigenvalue weighted by Crippen LogP contribution is -2.38. The number of aromatic nitrogens is 2. The van der Waals surface area contributed by atoms with Crippen molar-refractivity contribution >= 4 is 12.2 Å². The van der Waals surface area contributed by atoms with Crippen molar-refractivity contribution in [2.45, 2.75) is 59.0 Å². The summed E-state index contributed by atoms with van der Waals surface area (Å²) in [6.45, 7) is 11.4. The summed E-state index contributed by atoms with van der Waals surface area (Å²) >= 11 is 0. The van der Waals surface area contributed by atoms with E-state index in [4.69, 9.17) is 9.72 Å². The Labute approximate surface area is 162 Å². The van der Waals surface area contributed by atoms with Gasteiger partial charge in [0.1, 0.15) is 6.10 Å². The lowest BCUT2D eigenvalue weighted by atomic mass is 9.62. The van der Waals surface area contributed by atoms with Gasteiger partial charge in [0.25, 0.3) is 0 Å². The van der Waals surface area contributed by atoms with Crippen LogP contribution in [0.2, 0.25) is 0 Å². The molecular formula is C23H30N2O2. The zero-order valence-corrected chi connectivity index (χ0v) is 17.0. The first-order chi connectivity index (χ1) is 12.7. The van der Waals surface area contributed by atoms with Gasteiger partial charge in [0.2, 0.25) is 5.88 Å². The van der Waals surface area contributed by atoms with E-state index in [1.807, 2.05) is 30.4 Å². The molecule has 1 N–H and O–H groups in total. The Hall–Kier alpha value is -2.20. The van der Waals surface area contributed by atoms with Crippen LogP contribution in [0.3, 0.4) is 0 Å². The van der Waals surface area contributed by atoms with Crippen molar-refractivity contribution in [3.8, 4) is 5.88 Å². The van der Waals surface area contributed by atoms with Crippen LogP contribution in [0.5, 0.6) is 5.88 Å². The summed E-state index contributed by atoms with van der Waals surface area (Å²) in [7, 11) is 0. The van der Waals surface area contributed by atoms with Gasteiger partial charge in [0.15, 0.2) is 0 Å². The summed E-state index contributed by atoms with van der Waals surface area (Å²) in [5, 5.41) is 10.9. The van der Waals surface area contributed by atoms with E-state index in [-0.39, 0.29) is 10.8 Å². The Balaban J connectivity index is 1.93. The molecule has 144 valence electrons. The molecule has 0 fully saturated rings. The van der Waals surface area contributed by atoms with Gasteiger partial charge in [-0.25, -0.2) is 4.98 Å². The van der Waals surface area contributed by atoms with E-state index < -0.39 is 6.10 Å². The standard InChI is InChI=1S/C23H30N2O2/c1-6-14-27-21-16(8-7-13-24-21)9-10-17-11-12-18-19(25-17)20(26)23(4,5)15-22(18,2)3/h7-13,20,26H,6,14-15H2,1-5H3/b10-9+. The SMILES string of the molecule is CCCOc1ncccc1/C=C/c1ccc2c(n1)C(O)C(C)(C)CC2(C)C. The smallest absolute Gasteiger partial charge is 0.220 e. The lowest BCUT2D eigenvalue weighted by Gasteiger charge is -2.44. The van der Waals surface area contributed by atoms with Crippen molar-refractivity contribution in [3.05, 3.63) is 53.0 Å². The predicted octanol–water partition coefficient (Wildman–Crippen LogP) is 5.18. The van der Waals surface area contributed by atoms with Gasteiger partial charge < -0.3 is 9.84 Å². The van der Waals surface area contributed by atoms with Crippen molar-refractivity contribution in [3.63, 3.8) is 0 Å². The van der Waals surface area contributed by atoms with Crippen LogP contribution in [0, 0.1) is 5.41 Å². The number of fused-ring (bicyclic) bond motifs is 1. The van der Waals surface area contributed by atoms with Gasteiger partial charge >= 0.3 is 0 Å². The second kappa shape index (κ2) is 7.43. The average Bonchev–Trinajstić information content (AvgIpc) is 2.62. The molecule has 0 radical (unpaired) electrons. The van der Waals surface area contributed by atoms with Gasteiger partial charge in [0, 0.05) is 11.8 Å². The van der Waals surface area contributed by atoms with Crippen molar-refractivity contribution < 1.29 is 9.84 Å². The number of hydrogen-bond donors (Lipinski definition) is 1. The van der Waals surface area contributed by atoms with Crippen LogP contribution in [0.4, 0.5) is 0 Å². The van der Waals surface area contributed by atoms with Crippen molar-refractivity contribution in [2.24, 2.45) is 5.41 Å². The molecule has 0 aromatic carbocycles. The first-order valence-corrected chi connectivity index (χ1v) is 9.70. The van der Waals surface area contributed by atoms with Gasteiger partial charge in [-0.2, -0.15) is 0 Å². The highest BCUT2D eigenvalue weighted by Gasteiger charge is 2.44. The van der Waals surface area contributed by atoms with E-state index in [9.17, 15) is 5.11 Å². The van der Waals surface area contributed by atoms with Crippen molar-refractivity contribution in [1.29, 1.82) is 0 Å². The van der Waals surface area contributed by atoms with Crippen LogP contribution in [0.25, 0.3) is 12.2 Å². The molecule has 27 heavy (non-hydrogen) atoms. The van der Waals surface area contributed by atoms with Gasteiger partial charge in [-0.05, 0) is 59.6 Å². The zero-order chi connectivity index (χ0) is 19.7. The number of aliphatic hydroxyl groups is 1. The van der Waals surface area contributed by atoms with Crippen LogP contribution < -0.4 is 4.74 Å². The minimum Gasteiger partial charge on any atom is -0.477 e. The molecule has 0 saturated carbocycles. The summed E-state index contributed by atoms with van der Waals surface area (Å²) in [5.74, 6) is 0.635. The maximum Gasteiger partial charge on any atom is 0.220 e. The fourth-order valence-corrected chi connectivity index (χ4v) is 4.09. The largest absolute Gasteiger partial charge is 0.477 e. The molecule has 0 saturated heterocycles. The van der Waals surface area contributed by atoms with Gasteiger partial charge in [-0.15, -0.1) is 0 Å². The number of aliphatic hydroxyl groups excluding tert-OH is 1. The van der Waals surface area contributed by atoms with E-state index in [0.29, 0.717) is 12.5 Å². The van der Waals surface area contributed by atoms with E-state index in [1.165, 1.54) is 0 Å². The quantitative estimate of drug-likeness (QED) is 0.792. The Morgan fingerprint density at radius 2 is 1.96 bits per heavy atom. The summed E-state index contributed by atoms with van der Waals surface area (Å²) < 4.78 is 5.71. The molecule has 4 heteroatoms. The number of hydrogen-bond acceptors (Lipinski definition) is 4. The molecule has 1 unspecified atom stereocenters. The number of nitrogens with zero attached hydrogens (tertiary/aromatic N) is 2. The highest BCUT2D eigenvalue weighted by molar-refractivity contribution is 5.70. The molecule has 1 aliphatic rings. The molecule has 1 aliphatic carbocycles. The normalized spacial score (nSPS) is 20.4. The van der Waals surface area contributed by atoms with E-state index in [0.717, 1.165) is 35.4 Å². The summed E-state index contributed by atoms with van der Waals surface area (Å²) in [5.41, 5.74) is 3.49. The van der Waals surface area contributed by atoms with Crippen LogP contribution in [-0.2, 0) is 5.41 Å². The molecular weight excluding hydrogens is 336 g/mol. The molecule has 2 aromatic rings. The Kier molecular flexibility index (Phi) is 5.38. The highest BCUT2D eigenvalue weighted by atomic mass is 16.5. The topological polar surface area (TPSA) is 55.2 Å². The molecule has 4 nitrogen and oxygen atoms in total. The highest BCUT2D eigenvalue weighted by Crippen LogP contribution is 2.50. The molecule has 2 heterocycles. The molecule has 2 aromatic heterocycles. The van der Waals surface area contributed by atoms with E-state index in [1.54, 1.807) is 6.20 Å². The molecule has 0 aliphatic heterocycles. The third-order valence-corrected chi connectivity index (χ3v) is 5.25. The van der Waals surface area contributed by atoms with Crippen molar-refractivity contribution in [2.75, 3.05) is 6.61 Å². The third-order valence-electron chi connectivity index (χ3n) is 5.25. The number of ether oxygens (including phenoxy) is 1. The monoisotopic (exact) mass is 366 g/mol. The van der Waals surface area contributed by atoms with E-state index in [2.05, 4.69) is 45.7 Å². The molecule has 0 spiro atoms. The van der Waals surface area contributed by atoms with Gasteiger partial charge in [0.05, 0.1) is 18.0 Å². The number of rotatable bonds is 5. The maximum absolute atomic E-state index is 10.9. The second-order valence-electron chi connectivity index (χ2n) is 8.70. The number of pyridine rings is 2. The van der Waals surface area contributed by atoms with Gasteiger partial charge in [-0.3, -0.25) is 4.98 Å². The minimum absolute atomic E-state index is 0.00216. The van der Waals surface area contributed by atoms with Crippen LogP contribution in [0.15, 0.2) is 30.5 Å². The fraction of sp³-hybridized carbons (Fsp3) is 0.478. The summed E-state index contributed by atoms with van der Waals surface area (Å²) in [6.07, 6.45) is 6.97. The third kappa shape index (κ3) is 4.06. The van der Waals surface area contributed by atoms with Gasteiger partial charge in [-0.1, -0.05) is 40.7 Å². The first kappa shape index (κ1) is 19.6. The molecule has 0 bridgehead atoms. The summed E-state index contributed by atoms with van der Waals surface area (Å²) in [6, 6.07) is 8.00. The maximum atomic E-state index is 10.9. The van der Waals surface area contributed by atoms with Crippen molar-refractivity contribution in [1.82, 2.24) is 9.97 Å². The fourth-order valence-electron chi connectivity index (χ4n) is 4.09. The average molecular weight is 367 g/mol. The second-order valence-corrected chi connectivity index (χ2v) is 8.70. The Morgan fingerprint density at radius 1 is 1.19 bits per heavy atom. The lowest BCUT2D eigenvalue weighted by molar-refractivity contribution is 0.0101. The van der Waals surface area contributed by atoms with Crippen LogP contribution in [0.1, 0.15) is 76.1 Å². The summed E-state index contributed by atoms with van der Waals surface area (Å²) in [4.78, 5) is 9.11. The Morgan fingerprint density at radius 3 is 2.70 bits per heavy atom. The molecule has 0 amide bonds. The van der Waals surface area contributed by atoms with Crippen LogP contribution in [-0.4, -0.2) is 21.7 Å². The zero-order valence-electron chi connectivity index (χ0n) is 17.0. The molecule has 3 rings (SSSR count). The predicted molar refractivity (Wildman–Crippen MR) is 110 cm³/mol.